The Balaban J connectivity index is 1.76. The number of benzene rings is 1. The highest BCUT2D eigenvalue weighted by atomic mass is 16.4. The summed E-state index contributed by atoms with van der Waals surface area (Å²) in [5.41, 5.74) is 9.97. The molecular formula is C21H19N5O2. The number of aromatic nitrogens is 4. The molecule has 0 saturated carbocycles. The van der Waals surface area contributed by atoms with Crippen LogP contribution in [0.3, 0.4) is 0 Å². The van der Waals surface area contributed by atoms with Crippen molar-refractivity contribution in [1.82, 2.24) is 19.7 Å². The monoisotopic (exact) mass is 373 g/mol. The number of hydrogen-bond acceptors (Lipinski definition) is 5. The molecule has 0 aliphatic heterocycles. The van der Waals surface area contributed by atoms with E-state index in [9.17, 15) is 4.79 Å². The van der Waals surface area contributed by atoms with E-state index < -0.39 is 12.0 Å². The van der Waals surface area contributed by atoms with Gasteiger partial charge in [0.1, 0.15) is 0 Å². The summed E-state index contributed by atoms with van der Waals surface area (Å²) in [5.74, 6) is -0.201. The van der Waals surface area contributed by atoms with Crippen LogP contribution in [0.15, 0.2) is 60.8 Å². The normalized spacial score (nSPS) is 12.2. The quantitative estimate of drug-likeness (QED) is 0.556. The number of aliphatic carboxylic acids is 1. The number of pyridine rings is 2. The Bertz CT molecular complexity index is 1170. The van der Waals surface area contributed by atoms with Crippen molar-refractivity contribution in [2.24, 2.45) is 5.73 Å². The third-order valence-corrected chi connectivity index (χ3v) is 4.50. The molecule has 0 radical (unpaired) electrons. The number of nitrogens with two attached hydrogens (primary N) is 1. The van der Waals surface area contributed by atoms with E-state index in [0.29, 0.717) is 5.69 Å². The van der Waals surface area contributed by atoms with Crippen molar-refractivity contribution in [1.29, 1.82) is 0 Å². The van der Waals surface area contributed by atoms with Gasteiger partial charge in [0.15, 0.2) is 5.82 Å². The summed E-state index contributed by atoms with van der Waals surface area (Å²) in [7, 11) is 0. The molecule has 0 aliphatic rings. The van der Waals surface area contributed by atoms with Gasteiger partial charge in [-0.15, -0.1) is 0 Å². The Kier molecular flexibility index (Phi) is 4.58. The Hall–Kier alpha value is -3.58. The summed E-state index contributed by atoms with van der Waals surface area (Å²) in [6.07, 6.45) is 1.64. The van der Waals surface area contributed by atoms with E-state index in [0.717, 1.165) is 33.7 Å². The fourth-order valence-corrected chi connectivity index (χ4v) is 3.12. The molecule has 0 spiro atoms. The second-order valence-electron chi connectivity index (χ2n) is 6.62. The molecule has 28 heavy (non-hydrogen) atoms. The van der Waals surface area contributed by atoms with Gasteiger partial charge in [0.25, 0.3) is 0 Å². The van der Waals surface area contributed by atoms with E-state index in [1.54, 1.807) is 16.9 Å². The molecule has 0 aliphatic carbocycles. The zero-order valence-corrected chi connectivity index (χ0v) is 15.3. The first-order valence-corrected chi connectivity index (χ1v) is 8.88. The maximum atomic E-state index is 10.9. The first kappa shape index (κ1) is 17.8. The Labute approximate surface area is 161 Å². The zero-order chi connectivity index (χ0) is 19.7. The van der Waals surface area contributed by atoms with Gasteiger partial charge >= 0.3 is 5.97 Å². The van der Waals surface area contributed by atoms with E-state index in [1.807, 2.05) is 55.5 Å². The van der Waals surface area contributed by atoms with E-state index in [2.05, 4.69) is 15.1 Å². The topological polar surface area (TPSA) is 107 Å². The fraction of sp³-hybridized carbons (Fsp3) is 0.143. The molecule has 4 aromatic rings. The molecule has 3 N–H and O–H groups in total. The van der Waals surface area contributed by atoms with E-state index in [4.69, 9.17) is 10.8 Å². The minimum Gasteiger partial charge on any atom is -0.481 e. The molecule has 3 aromatic heterocycles. The second kappa shape index (κ2) is 7.21. The third-order valence-electron chi connectivity index (χ3n) is 4.50. The van der Waals surface area contributed by atoms with Gasteiger partial charge in [0.2, 0.25) is 0 Å². The lowest BCUT2D eigenvalue weighted by Gasteiger charge is -2.10. The number of carboxylic acids is 1. The first-order chi connectivity index (χ1) is 13.5. The fourth-order valence-electron chi connectivity index (χ4n) is 3.12. The molecule has 7 nitrogen and oxygen atoms in total. The minimum absolute atomic E-state index is 0.165. The summed E-state index contributed by atoms with van der Waals surface area (Å²) in [5, 5.41) is 14.4. The van der Waals surface area contributed by atoms with Crippen LogP contribution in [0.25, 0.3) is 28.0 Å². The smallest absolute Gasteiger partial charge is 0.305 e. The van der Waals surface area contributed by atoms with Gasteiger partial charge in [-0.3, -0.25) is 9.78 Å². The Morgan fingerprint density at radius 3 is 2.75 bits per heavy atom. The van der Waals surface area contributed by atoms with E-state index in [1.165, 1.54) is 0 Å². The van der Waals surface area contributed by atoms with Gasteiger partial charge in [0.05, 0.1) is 35.6 Å². The van der Waals surface area contributed by atoms with Crippen LogP contribution in [0.4, 0.5) is 0 Å². The molecule has 7 heteroatoms. The number of hydrogen-bond donors (Lipinski definition) is 2. The van der Waals surface area contributed by atoms with Crippen molar-refractivity contribution in [3.05, 3.63) is 72.2 Å². The number of nitrogens with zero attached hydrogens (tertiary/aromatic N) is 4. The van der Waals surface area contributed by atoms with Crippen molar-refractivity contribution in [2.45, 2.75) is 19.4 Å². The molecule has 4 rings (SSSR count). The molecule has 0 saturated heterocycles. The number of fused-ring (bicyclic) bond motifs is 1. The lowest BCUT2D eigenvalue weighted by molar-refractivity contribution is -0.137. The first-order valence-electron chi connectivity index (χ1n) is 8.88. The SMILES string of the molecule is Cc1cccc(-n2ncc3ccc(-c4cccc(C(N)CC(=O)O)n4)cc32)n1. The summed E-state index contributed by atoms with van der Waals surface area (Å²) < 4.78 is 1.80. The van der Waals surface area contributed by atoms with Crippen LogP contribution < -0.4 is 5.73 Å². The van der Waals surface area contributed by atoms with Gasteiger partial charge in [0, 0.05) is 16.6 Å². The van der Waals surface area contributed by atoms with Crippen LogP contribution in [-0.2, 0) is 4.79 Å². The Morgan fingerprint density at radius 2 is 1.96 bits per heavy atom. The van der Waals surface area contributed by atoms with Crippen LogP contribution in [0.2, 0.25) is 0 Å². The summed E-state index contributed by atoms with van der Waals surface area (Å²) in [4.78, 5) is 20.0. The van der Waals surface area contributed by atoms with Crippen LogP contribution in [-0.4, -0.2) is 30.8 Å². The predicted molar refractivity (Wildman–Crippen MR) is 106 cm³/mol. The largest absolute Gasteiger partial charge is 0.481 e. The van der Waals surface area contributed by atoms with Crippen molar-refractivity contribution in [3.8, 4) is 17.1 Å². The molecule has 1 aromatic carbocycles. The number of carbonyl (C=O) groups is 1. The average molecular weight is 373 g/mol. The third kappa shape index (κ3) is 3.47. The summed E-state index contributed by atoms with van der Waals surface area (Å²) in [6, 6.07) is 16.6. The van der Waals surface area contributed by atoms with Crippen molar-refractivity contribution < 1.29 is 9.90 Å². The van der Waals surface area contributed by atoms with Gasteiger partial charge in [-0.2, -0.15) is 5.10 Å². The average Bonchev–Trinajstić information content (AvgIpc) is 3.11. The molecule has 140 valence electrons. The summed E-state index contributed by atoms with van der Waals surface area (Å²) >= 11 is 0. The molecule has 1 atom stereocenters. The molecule has 0 fully saturated rings. The lowest BCUT2D eigenvalue weighted by atomic mass is 10.1. The zero-order valence-electron chi connectivity index (χ0n) is 15.3. The van der Waals surface area contributed by atoms with Gasteiger partial charge in [-0.25, -0.2) is 9.67 Å². The van der Waals surface area contributed by atoms with E-state index >= 15 is 0 Å². The van der Waals surface area contributed by atoms with Gasteiger partial charge < -0.3 is 10.8 Å². The maximum absolute atomic E-state index is 10.9. The van der Waals surface area contributed by atoms with E-state index in [-0.39, 0.29) is 6.42 Å². The van der Waals surface area contributed by atoms with Crippen molar-refractivity contribution in [2.75, 3.05) is 0 Å². The highest BCUT2D eigenvalue weighted by molar-refractivity contribution is 5.84. The standard InChI is InChI=1S/C21H19N5O2/c1-13-4-2-7-20(24-13)26-19-10-14(8-9-15(19)12-23-26)17-5-3-6-18(25-17)16(22)11-21(27)28/h2-10,12,16H,11,22H2,1H3,(H,27,28). The van der Waals surface area contributed by atoms with Crippen molar-refractivity contribution >= 4 is 16.9 Å². The maximum Gasteiger partial charge on any atom is 0.305 e. The van der Waals surface area contributed by atoms with Crippen LogP contribution in [0.1, 0.15) is 23.9 Å². The molecular weight excluding hydrogens is 354 g/mol. The van der Waals surface area contributed by atoms with Crippen LogP contribution in [0, 0.1) is 6.92 Å². The Morgan fingerprint density at radius 1 is 1.14 bits per heavy atom. The highest BCUT2D eigenvalue weighted by Gasteiger charge is 2.14. The van der Waals surface area contributed by atoms with Gasteiger partial charge in [-0.1, -0.05) is 24.3 Å². The minimum atomic E-state index is -0.948. The molecule has 0 amide bonds. The number of rotatable bonds is 5. The van der Waals surface area contributed by atoms with Crippen molar-refractivity contribution in [3.63, 3.8) is 0 Å². The highest BCUT2D eigenvalue weighted by Crippen LogP contribution is 2.26. The lowest BCUT2D eigenvalue weighted by Crippen LogP contribution is -2.16. The van der Waals surface area contributed by atoms with Crippen LogP contribution >= 0.6 is 0 Å². The number of aryl methyl sites for hydroxylation is 1. The second-order valence-corrected chi connectivity index (χ2v) is 6.62. The van der Waals surface area contributed by atoms with Gasteiger partial charge in [-0.05, 0) is 37.3 Å². The number of carboxylic acid groups (broad SMARTS) is 1. The molecule has 1 unspecified atom stereocenters. The summed E-state index contributed by atoms with van der Waals surface area (Å²) in [6.45, 7) is 1.94. The molecule has 0 bridgehead atoms. The molecule has 3 heterocycles. The predicted octanol–water partition coefficient (Wildman–Crippen LogP) is 3.27. The van der Waals surface area contributed by atoms with Crippen LogP contribution in [0.5, 0.6) is 0 Å².